The number of hydrogen-bond acceptors (Lipinski definition) is 5. The Hall–Kier alpha value is -3.84. The fourth-order valence-electron chi connectivity index (χ4n) is 3.18. The zero-order chi connectivity index (χ0) is 24.1. The minimum atomic E-state index is -1.82. The van der Waals surface area contributed by atoms with Crippen LogP contribution in [-0.4, -0.2) is 35.9 Å². The molecular formula is C26H29NO6. The third kappa shape index (κ3) is 8.66. The molecule has 0 aliphatic heterocycles. The summed E-state index contributed by atoms with van der Waals surface area (Å²) in [5, 5.41) is 18.5. The summed E-state index contributed by atoms with van der Waals surface area (Å²) < 4.78 is 11.1. The number of hydrogen-bond donors (Lipinski definition) is 3. The molecular weight excluding hydrogens is 422 g/mol. The van der Waals surface area contributed by atoms with Gasteiger partial charge in [0.25, 0.3) is 0 Å². The molecule has 0 spiro atoms. The Morgan fingerprint density at radius 3 is 2.00 bits per heavy atom. The maximum Gasteiger partial charge on any atom is 0.414 e. The maximum absolute atomic E-state index is 9.10. The number of rotatable bonds is 9. The van der Waals surface area contributed by atoms with Crippen molar-refractivity contribution in [1.29, 1.82) is 0 Å². The summed E-state index contributed by atoms with van der Waals surface area (Å²) in [5.74, 6) is -2.09. The normalized spacial score (nSPS) is 11.0. The first-order valence-corrected chi connectivity index (χ1v) is 10.5. The molecule has 174 valence electrons. The van der Waals surface area contributed by atoms with Crippen molar-refractivity contribution in [1.82, 2.24) is 5.32 Å². The second-order valence-corrected chi connectivity index (χ2v) is 7.06. The highest BCUT2D eigenvalue weighted by Gasteiger charge is 2.13. The van der Waals surface area contributed by atoms with Gasteiger partial charge in [0.2, 0.25) is 0 Å². The van der Waals surface area contributed by atoms with E-state index in [1.165, 1.54) is 16.7 Å². The van der Waals surface area contributed by atoms with Gasteiger partial charge in [0.05, 0.1) is 13.7 Å². The van der Waals surface area contributed by atoms with Crippen LogP contribution in [0, 0.1) is 0 Å². The molecule has 0 fully saturated rings. The first-order valence-electron chi connectivity index (χ1n) is 10.5. The van der Waals surface area contributed by atoms with Gasteiger partial charge in [0.1, 0.15) is 0 Å². The van der Waals surface area contributed by atoms with Gasteiger partial charge >= 0.3 is 11.9 Å². The van der Waals surface area contributed by atoms with Crippen LogP contribution in [0.15, 0.2) is 78.9 Å². The largest absolute Gasteiger partial charge is 0.493 e. The van der Waals surface area contributed by atoms with Crippen LogP contribution in [0.5, 0.6) is 11.5 Å². The molecule has 3 N–H and O–H groups in total. The van der Waals surface area contributed by atoms with Crippen LogP contribution in [0.3, 0.4) is 0 Å². The third-order valence-electron chi connectivity index (χ3n) is 4.75. The van der Waals surface area contributed by atoms with E-state index in [9.17, 15) is 0 Å². The van der Waals surface area contributed by atoms with Crippen molar-refractivity contribution in [3.05, 3.63) is 95.6 Å². The Balaban J connectivity index is 0.000000569. The van der Waals surface area contributed by atoms with Gasteiger partial charge in [0.15, 0.2) is 11.5 Å². The highest BCUT2D eigenvalue weighted by Crippen LogP contribution is 2.28. The van der Waals surface area contributed by atoms with Gasteiger partial charge in [-0.25, -0.2) is 9.59 Å². The fraction of sp³-hybridized carbons (Fsp3) is 0.231. The summed E-state index contributed by atoms with van der Waals surface area (Å²) in [6.45, 7) is 3.36. The molecule has 0 aromatic heterocycles. The van der Waals surface area contributed by atoms with Crippen LogP contribution in [0.1, 0.15) is 29.7 Å². The van der Waals surface area contributed by atoms with Gasteiger partial charge in [0, 0.05) is 12.6 Å². The zero-order valence-corrected chi connectivity index (χ0v) is 18.7. The van der Waals surface area contributed by atoms with Crippen LogP contribution in [0.2, 0.25) is 0 Å². The Morgan fingerprint density at radius 1 is 0.848 bits per heavy atom. The molecule has 0 saturated heterocycles. The first-order chi connectivity index (χ1) is 15.9. The summed E-state index contributed by atoms with van der Waals surface area (Å²) in [6, 6.07) is 27.6. The van der Waals surface area contributed by atoms with E-state index in [2.05, 4.69) is 78.1 Å². The summed E-state index contributed by atoms with van der Waals surface area (Å²) in [5.41, 5.74) is 3.79. The topological polar surface area (TPSA) is 105 Å². The van der Waals surface area contributed by atoms with Crippen LogP contribution in [-0.2, 0) is 22.6 Å². The molecule has 0 amide bonds. The molecule has 7 nitrogen and oxygen atoms in total. The van der Waals surface area contributed by atoms with Crippen LogP contribution < -0.4 is 14.8 Å². The summed E-state index contributed by atoms with van der Waals surface area (Å²) in [4.78, 5) is 18.2. The number of benzene rings is 3. The Bertz CT molecular complexity index is 996. The summed E-state index contributed by atoms with van der Waals surface area (Å²) in [7, 11) is 1.67. The van der Waals surface area contributed by atoms with Gasteiger partial charge in [-0.05, 0) is 42.2 Å². The highest BCUT2D eigenvalue weighted by atomic mass is 16.5. The van der Waals surface area contributed by atoms with E-state index >= 15 is 0 Å². The molecule has 0 aliphatic rings. The van der Waals surface area contributed by atoms with E-state index in [0.717, 1.165) is 24.5 Å². The molecule has 33 heavy (non-hydrogen) atoms. The fourth-order valence-corrected chi connectivity index (χ4v) is 3.18. The van der Waals surface area contributed by atoms with Crippen LogP contribution >= 0.6 is 0 Å². The van der Waals surface area contributed by atoms with Crippen LogP contribution in [0.4, 0.5) is 0 Å². The second kappa shape index (κ2) is 13.5. The van der Waals surface area contributed by atoms with Crippen LogP contribution in [0.25, 0.3) is 0 Å². The number of carboxylic acids is 2. The van der Waals surface area contributed by atoms with Gasteiger partial charge in [-0.3, -0.25) is 0 Å². The minimum Gasteiger partial charge on any atom is -0.493 e. The molecule has 1 unspecified atom stereocenters. The van der Waals surface area contributed by atoms with Crippen molar-refractivity contribution in [3.8, 4) is 11.5 Å². The SMILES string of the molecule is CCOc1cc(CNC(Cc2ccccc2)c2ccccc2)ccc1OC.O=C(O)C(=O)O. The molecule has 3 rings (SSSR count). The smallest absolute Gasteiger partial charge is 0.414 e. The van der Waals surface area contributed by atoms with Crippen molar-refractivity contribution in [2.75, 3.05) is 13.7 Å². The van der Waals surface area contributed by atoms with Gasteiger partial charge in [-0.15, -0.1) is 0 Å². The first kappa shape index (κ1) is 25.4. The number of ether oxygens (including phenoxy) is 2. The van der Waals surface area contributed by atoms with Crippen molar-refractivity contribution < 1.29 is 29.3 Å². The molecule has 3 aromatic rings. The lowest BCUT2D eigenvalue weighted by molar-refractivity contribution is -0.159. The molecule has 0 radical (unpaired) electrons. The zero-order valence-electron chi connectivity index (χ0n) is 18.7. The van der Waals surface area contributed by atoms with Gasteiger partial charge < -0.3 is 25.0 Å². The van der Waals surface area contributed by atoms with E-state index in [0.29, 0.717) is 6.61 Å². The number of carboxylic acid groups (broad SMARTS) is 2. The number of nitrogens with one attached hydrogen (secondary N) is 1. The van der Waals surface area contributed by atoms with E-state index in [-0.39, 0.29) is 6.04 Å². The molecule has 7 heteroatoms. The van der Waals surface area contributed by atoms with Crippen molar-refractivity contribution in [2.45, 2.75) is 25.9 Å². The Morgan fingerprint density at radius 2 is 1.45 bits per heavy atom. The molecule has 3 aromatic carbocycles. The average molecular weight is 452 g/mol. The number of aliphatic carboxylic acids is 2. The lowest BCUT2D eigenvalue weighted by Crippen LogP contribution is -2.23. The Labute approximate surface area is 193 Å². The molecule has 1 atom stereocenters. The second-order valence-electron chi connectivity index (χ2n) is 7.06. The Kier molecular flexibility index (Phi) is 10.4. The molecule has 0 bridgehead atoms. The maximum atomic E-state index is 9.10. The lowest BCUT2D eigenvalue weighted by Gasteiger charge is -2.20. The predicted molar refractivity (Wildman–Crippen MR) is 126 cm³/mol. The summed E-state index contributed by atoms with van der Waals surface area (Å²) >= 11 is 0. The number of carbonyl (C=O) groups is 2. The predicted octanol–water partition coefficient (Wildman–Crippen LogP) is 4.32. The van der Waals surface area contributed by atoms with E-state index < -0.39 is 11.9 Å². The highest BCUT2D eigenvalue weighted by molar-refractivity contribution is 6.27. The molecule has 0 saturated carbocycles. The van der Waals surface area contributed by atoms with Crippen molar-refractivity contribution in [3.63, 3.8) is 0 Å². The lowest BCUT2D eigenvalue weighted by atomic mass is 9.98. The van der Waals surface area contributed by atoms with Gasteiger partial charge in [-0.1, -0.05) is 66.7 Å². The van der Waals surface area contributed by atoms with E-state index in [1.807, 2.05) is 13.0 Å². The van der Waals surface area contributed by atoms with Crippen molar-refractivity contribution >= 4 is 11.9 Å². The monoisotopic (exact) mass is 451 g/mol. The third-order valence-corrected chi connectivity index (χ3v) is 4.75. The van der Waals surface area contributed by atoms with E-state index in [1.54, 1.807) is 7.11 Å². The minimum absolute atomic E-state index is 0.242. The van der Waals surface area contributed by atoms with E-state index in [4.69, 9.17) is 29.3 Å². The number of methoxy groups -OCH3 is 1. The quantitative estimate of drug-likeness (QED) is 0.416. The standard InChI is InChI=1S/C24H27NO2.C2H2O4/c1-3-27-24-17-20(14-15-23(24)26-2)18-25-22(21-12-8-5-9-13-21)16-19-10-6-4-7-11-19;3-1(4)2(5)6/h4-15,17,22,25H,3,16,18H2,1-2H3;(H,3,4)(H,5,6). The average Bonchev–Trinajstić information content (AvgIpc) is 2.83. The molecule has 0 aliphatic carbocycles. The van der Waals surface area contributed by atoms with Crippen molar-refractivity contribution in [2.24, 2.45) is 0 Å². The molecule has 0 heterocycles. The summed E-state index contributed by atoms with van der Waals surface area (Å²) in [6.07, 6.45) is 0.944. The van der Waals surface area contributed by atoms with Gasteiger partial charge in [-0.2, -0.15) is 0 Å².